The summed E-state index contributed by atoms with van der Waals surface area (Å²) in [6.45, 7) is 3.03. The lowest BCUT2D eigenvalue weighted by Crippen LogP contribution is -2.62. The molecule has 3 fully saturated rings. The number of piperidine rings is 3. The summed E-state index contributed by atoms with van der Waals surface area (Å²) < 4.78 is 0. The Bertz CT molecular complexity index is 824. The first-order valence-electron chi connectivity index (χ1n) is 11.2. The molecule has 1 amide bonds. The first kappa shape index (κ1) is 18.8. The SMILES string of the molecule is O=C(Cc1cccnc1)N1C[C@@H]2C[C@H](C1)[C@@H]1CCC[C@H](Cc3ccccc3)N1C2. The molecule has 0 aliphatic carbocycles. The standard InChI is InChI=1S/C25H31N3O/c29-25(14-20-8-5-11-26-15-20)27-16-21-12-22(18-27)24-10-4-9-23(28(24)17-21)13-19-6-2-1-3-7-19/h1-3,5-8,11,15,21-24H,4,9-10,12-14,16-18H2/t21-,22+,23+,24-/m0/s1. The number of fused-ring (bicyclic) bond motifs is 4. The lowest BCUT2D eigenvalue weighted by Gasteiger charge is -2.55. The van der Waals surface area contributed by atoms with Gasteiger partial charge in [0, 0.05) is 44.1 Å². The van der Waals surface area contributed by atoms with Gasteiger partial charge >= 0.3 is 0 Å². The van der Waals surface area contributed by atoms with Crippen LogP contribution in [-0.4, -0.2) is 52.4 Å². The summed E-state index contributed by atoms with van der Waals surface area (Å²) in [5, 5.41) is 0. The number of carbonyl (C=O) groups excluding carboxylic acids is 1. The molecule has 4 nitrogen and oxygen atoms in total. The molecule has 0 unspecified atom stereocenters. The van der Waals surface area contributed by atoms with Gasteiger partial charge in [0.25, 0.3) is 0 Å². The van der Waals surface area contributed by atoms with E-state index < -0.39 is 0 Å². The summed E-state index contributed by atoms with van der Waals surface area (Å²) in [5.41, 5.74) is 2.48. The predicted octanol–water partition coefficient (Wildman–Crippen LogP) is 3.57. The van der Waals surface area contributed by atoms with Crippen LogP contribution >= 0.6 is 0 Å². The number of amides is 1. The molecule has 152 valence electrons. The molecule has 0 N–H and O–H groups in total. The summed E-state index contributed by atoms with van der Waals surface area (Å²) in [6, 6.07) is 16.2. The Labute approximate surface area is 173 Å². The van der Waals surface area contributed by atoms with E-state index in [1.807, 2.05) is 18.3 Å². The molecule has 2 aromatic rings. The first-order chi connectivity index (χ1) is 14.3. The highest BCUT2D eigenvalue weighted by Gasteiger charge is 2.45. The van der Waals surface area contributed by atoms with Crippen molar-refractivity contribution in [2.75, 3.05) is 19.6 Å². The molecule has 1 aromatic carbocycles. The molecule has 3 aliphatic heterocycles. The smallest absolute Gasteiger partial charge is 0.227 e. The normalized spacial score (nSPS) is 29.3. The second-order valence-electron chi connectivity index (χ2n) is 9.24. The third kappa shape index (κ3) is 4.09. The molecule has 29 heavy (non-hydrogen) atoms. The Morgan fingerprint density at radius 1 is 1.00 bits per heavy atom. The van der Waals surface area contributed by atoms with Crippen LogP contribution in [0.2, 0.25) is 0 Å². The maximum Gasteiger partial charge on any atom is 0.227 e. The number of likely N-dealkylation sites (tertiary alicyclic amines) is 1. The molecule has 3 saturated heterocycles. The van der Waals surface area contributed by atoms with Crippen LogP contribution in [0.3, 0.4) is 0 Å². The van der Waals surface area contributed by atoms with Crippen LogP contribution in [0.4, 0.5) is 0 Å². The van der Waals surface area contributed by atoms with Crippen molar-refractivity contribution in [2.45, 2.75) is 50.6 Å². The Morgan fingerprint density at radius 2 is 1.86 bits per heavy atom. The van der Waals surface area contributed by atoms with Gasteiger partial charge in [0.05, 0.1) is 6.42 Å². The van der Waals surface area contributed by atoms with Gasteiger partial charge in [0.1, 0.15) is 0 Å². The van der Waals surface area contributed by atoms with Crippen molar-refractivity contribution in [1.82, 2.24) is 14.8 Å². The summed E-state index contributed by atoms with van der Waals surface area (Å²) >= 11 is 0. The molecule has 3 aliphatic rings. The Balaban J connectivity index is 1.26. The zero-order chi connectivity index (χ0) is 19.6. The molecule has 1 aromatic heterocycles. The fraction of sp³-hybridized carbons (Fsp3) is 0.520. The van der Waals surface area contributed by atoms with Gasteiger partial charge in [-0.15, -0.1) is 0 Å². The van der Waals surface area contributed by atoms with Crippen molar-refractivity contribution in [3.63, 3.8) is 0 Å². The quantitative estimate of drug-likeness (QED) is 0.802. The minimum absolute atomic E-state index is 0.276. The van der Waals surface area contributed by atoms with Crippen LogP contribution in [0, 0.1) is 11.8 Å². The number of hydrogen-bond acceptors (Lipinski definition) is 3. The van der Waals surface area contributed by atoms with Crippen LogP contribution < -0.4 is 0 Å². The van der Waals surface area contributed by atoms with E-state index in [9.17, 15) is 4.79 Å². The molecule has 4 heteroatoms. The lowest BCUT2D eigenvalue weighted by molar-refractivity contribution is -0.138. The summed E-state index contributed by atoms with van der Waals surface area (Å²) in [7, 11) is 0. The predicted molar refractivity (Wildman–Crippen MR) is 114 cm³/mol. The zero-order valence-corrected chi connectivity index (χ0v) is 17.1. The number of aromatic nitrogens is 1. The highest BCUT2D eigenvalue weighted by atomic mass is 16.2. The highest BCUT2D eigenvalue weighted by Crippen LogP contribution is 2.40. The van der Waals surface area contributed by atoms with Gasteiger partial charge in [-0.3, -0.25) is 14.7 Å². The third-order valence-electron chi connectivity index (χ3n) is 7.26. The van der Waals surface area contributed by atoms with E-state index in [1.54, 1.807) is 6.20 Å². The van der Waals surface area contributed by atoms with E-state index in [-0.39, 0.29) is 5.91 Å². The number of pyridine rings is 1. The summed E-state index contributed by atoms with van der Waals surface area (Å²) in [6.07, 6.45) is 10.5. The molecular weight excluding hydrogens is 358 g/mol. The molecule has 5 rings (SSSR count). The number of nitrogens with zero attached hydrogens (tertiary/aromatic N) is 3. The number of hydrogen-bond donors (Lipinski definition) is 0. The topological polar surface area (TPSA) is 36.4 Å². The van der Waals surface area contributed by atoms with E-state index in [1.165, 1.54) is 37.7 Å². The van der Waals surface area contributed by atoms with Crippen LogP contribution in [0.25, 0.3) is 0 Å². The van der Waals surface area contributed by atoms with Crippen molar-refractivity contribution < 1.29 is 4.79 Å². The molecule has 0 spiro atoms. The largest absolute Gasteiger partial charge is 0.342 e. The second-order valence-corrected chi connectivity index (χ2v) is 9.24. The van der Waals surface area contributed by atoms with Gasteiger partial charge in [-0.2, -0.15) is 0 Å². The molecule has 4 atom stereocenters. The van der Waals surface area contributed by atoms with Crippen molar-refractivity contribution in [1.29, 1.82) is 0 Å². The van der Waals surface area contributed by atoms with Crippen molar-refractivity contribution >= 4 is 5.91 Å². The van der Waals surface area contributed by atoms with Crippen LogP contribution in [0.1, 0.15) is 36.8 Å². The van der Waals surface area contributed by atoms with Crippen LogP contribution in [0.5, 0.6) is 0 Å². The number of carbonyl (C=O) groups is 1. The van der Waals surface area contributed by atoms with Gasteiger partial charge in [0.15, 0.2) is 0 Å². The average Bonchev–Trinajstić information content (AvgIpc) is 2.76. The third-order valence-corrected chi connectivity index (χ3v) is 7.26. The minimum atomic E-state index is 0.276. The monoisotopic (exact) mass is 389 g/mol. The fourth-order valence-corrected chi connectivity index (χ4v) is 6.01. The van der Waals surface area contributed by atoms with Gasteiger partial charge in [0.2, 0.25) is 5.91 Å². The van der Waals surface area contributed by atoms with Gasteiger partial charge in [-0.1, -0.05) is 42.8 Å². The van der Waals surface area contributed by atoms with Crippen LogP contribution in [-0.2, 0) is 17.6 Å². The number of rotatable bonds is 4. The Hall–Kier alpha value is -2.20. The van der Waals surface area contributed by atoms with E-state index in [0.29, 0.717) is 30.3 Å². The summed E-state index contributed by atoms with van der Waals surface area (Å²) in [4.78, 5) is 22.1. The van der Waals surface area contributed by atoms with Crippen LogP contribution in [0.15, 0.2) is 54.9 Å². The minimum Gasteiger partial charge on any atom is -0.342 e. The van der Waals surface area contributed by atoms with Crippen molar-refractivity contribution in [3.05, 3.63) is 66.0 Å². The maximum absolute atomic E-state index is 12.9. The Kier molecular flexibility index (Phi) is 5.36. The summed E-state index contributed by atoms with van der Waals surface area (Å²) in [5.74, 6) is 1.54. The maximum atomic E-state index is 12.9. The fourth-order valence-electron chi connectivity index (χ4n) is 6.01. The average molecular weight is 390 g/mol. The number of benzene rings is 1. The molecule has 4 heterocycles. The van der Waals surface area contributed by atoms with E-state index in [2.05, 4.69) is 45.1 Å². The second kappa shape index (κ2) is 8.27. The van der Waals surface area contributed by atoms with E-state index in [0.717, 1.165) is 25.2 Å². The molecule has 2 bridgehead atoms. The molecule has 0 radical (unpaired) electrons. The lowest BCUT2D eigenvalue weighted by atomic mass is 9.74. The van der Waals surface area contributed by atoms with Gasteiger partial charge in [-0.25, -0.2) is 0 Å². The van der Waals surface area contributed by atoms with E-state index in [4.69, 9.17) is 0 Å². The molecular formula is C25H31N3O. The van der Waals surface area contributed by atoms with E-state index >= 15 is 0 Å². The first-order valence-corrected chi connectivity index (χ1v) is 11.2. The molecule has 0 saturated carbocycles. The Morgan fingerprint density at radius 3 is 2.69 bits per heavy atom. The van der Waals surface area contributed by atoms with Crippen molar-refractivity contribution in [2.24, 2.45) is 11.8 Å². The zero-order valence-electron chi connectivity index (χ0n) is 17.1. The van der Waals surface area contributed by atoms with Gasteiger partial charge < -0.3 is 4.90 Å². The highest BCUT2D eigenvalue weighted by molar-refractivity contribution is 5.78. The van der Waals surface area contributed by atoms with Gasteiger partial charge in [-0.05, 0) is 54.7 Å². The van der Waals surface area contributed by atoms with Crippen molar-refractivity contribution in [3.8, 4) is 0 Å².